The molecule has 1 amide bonds. The lowest BCUT2D eigenvalue weighted by Gasteiger charge is -2.42. The molecule has 3 aliphatic heterocycles. The van der Waals surface area contributed by atoms with Crippen LogP contribution in [-0.2, 0) is 30.0 Å². The van der Waals surface area contributed by atoms with E-state index in [1.807, 2.05) is 0 Å². The highest BCUT2D eigenvalue weighted by Gasteiger charge is 2.70. The third kappa shape index (κ3) is 2.92. The standard InChI is InChI=1S/C25H20F3N3O5/c1-4-30-19-15-7-5-6-8-16(15)20-24(30,18(22(33)36-3)17(19)21(32)35-2)23(34)31(29-20)14-11-9-13(10-12-14)25(26,27)28/h5-12,19H,4H2,1-3H3/t19-,24-/m0/s1. The molecule has 3 heterocycles. The lowest BCUT2D eigenvalue weighted by atomic mass is 9.78. The number of esters is 2. The zero-order valence-corrected chi connectivity index (χ0v) is 19.4. The first-order valence-corrected chi connectivity index (χ1v) is 11.0. The molecule has 3 aliphatic rings. The Morgan fingerprint density at radius 2 is 1.67 bits per heavy atom. The number of benzene rings is 2. The zero-order valence-electron chi connectivity index (χ0n) is 19.4. The summed E-state index contributed by atoms with van der Waals surface area (Å²) in [4.78, 5) is 42.2. The summed E-state index contributed by atoms with van der Waals surface area (Å²) in [6.45, 7) is 2.00. The molecule has 0 aromatic heterocycles. The van der Waals surface area contributed by atoms with E-state index in [1.54, 1.807) is 36.1 Å². The average molecular weight is 499 g/mol. The van der Waals surface area contributed by atoms with Crippen molar-refractivity contribution in [3.8, 4) is 0 Å². The van der Waals surface area contributed by atoms with Gasteiger partial charge in [-0.25, -0.2) is 9.59 Å². The summed E-state index contributed by atoms with van der Waals surface area (Å²) in [5, 5.41) is 5.51. The second kappa shape index (κ2) is 8.02. The van der Waals surface area contributed by atoms with Crippen molar-refractivity contribution in [3.63, 3.8) is 0 Å². The fourth-order valence-corrected chi connectivity index (χ4v) is 5.37. The number of amides is 1. The summed E-state index contributed by atoms with van der Waals surface area (Å²) in [5.41, 5.74) is -1.53. The molecule has 2 aromatic carbocycles. The third-order valence-electron chi connectivity index (χ3n) is 6.78. The first kappa shape index (κ1) is 23.7. The SMILES string of the molecule is CCN1[C@@H]2C(C(=O)OC)=C(C(=O)OC)[C@]13C(=O)N(c1ccc(C(F)(F)F)cc1)N=C3c1ccccc12. The Morgan fingerprint density at radius 3 is 2.25 bits per heavy atom. The van der Waals surface area contributed by atoms with Crippen LogP contribution < -0.4 is 5.01 Å². The number of alkyl halides is 3. The molecule has 0 unspecified atom stereocenters. The second-order valence-corrected chi connectivity index (χ2v) is 8.37. The molecule has 2 atom stereocenters. The van der Waals surface area contributed by atoms with Crippen molar-refractivity contribution < 1.29 is 37.0 Å². The molecule has 0 N–H and O–H groups in total. The highest BCUT2D eigenvalue weighted by Crippen LogP contribution is 2.56. The number of carbonyl (C=O) groups is 3. The van der Waals surface area contributed by atoms with Gasteiger partial charge in [-0.1, -0.05) is 31.2 Å². The van der Waals surface area contributed by atoms with Crippen LogP contribution in [0.5, 0.6) is 0 Å². The Bertz CT molecular complexity index is 1370. The number of rotatable bonds is 4. The van der Waals surface area contributed by atoms with Crippen LogP contribution in [0.1, 0.15) is 29.7 Å². The van der Waals surface area contributed by atoms with Crippen molar-refractivity contribution in [2.45, 2.75) is 24.7 Å². The van der Waals surface area contributed by atoms with Gasteiger partial charge in [0.25, 0.3) is 5.91 Å². The van der Waals surface area contributed by atoms with Crippen LogP contribution in [-0.4, -0.2) is 54.8 Å². The Kier molecular flexibility index (Phi) is 5.29. The molecule has 8 nitrogen and oxygen atoms in total. The van der Waals surface area contributed by atoms with Crippen molar-refractivity contribution in [1.82, 2.24) is 4.90 Å². The third-order valence-corrected chi connectivity index (χ3v) is 6.78. The minimum Gasteiger partial charge on any atom is -0.466 e. The van der Waals surface area contributed by atoms with Gasteiger partial charge >= 0.3 is 18.1 Å². The number of likely N-dealkylation sites (N-methyl/N-ethyl adjacent to an activating group) is 1. The molecule has 2 bridgehead atoms. The van der Waals surface area contributed by atoms with Crippen LogP contribution in [0.25, 0.3) is 0 Å². The van der Waals surface area contributed by atoms with Gasteiger partial charge in [0.05, 0.1) is 42.7 Å². The van der Waals surface area contributed by atoms with Gasteiger partial charge in [-0.2, -0.15) is 23.3 Å². The molecule has 36 heavy (non-hydrogen) atoms. The molecule has 0 radical (unpaired) electrons. The average Bonchev–Trinajstić information content (AvgIpc) is 3.32. The predicted octanol–water partition coefficient (Wildman–Crippen LogP) is 3.23. The van der Waals surface area contributed by atoms with E-state index in [0.29, 0.717) is 11.1 Å². The van der Waals surface area contributed by atoms with Crippen molar-refractivity contribution >= 4 is 29.2 Å². The number of carbonyl (C=O) groups excluding carboxylic acids is 3. The van der Waals surface area contributed by atoms with Crippen LogP contribution in [0, 0.1) is 0 Å². The van der Waals surface area contributed by atoms with Crippen molar-refractivity contribution in [2.75, 3.05) is 25.8 Å². The summed E-state index contributed by atoms with van der Waals surface area (Å²) < 4.78 is 49.4. The Labute approximate surface area is 203 Å². The van der Waals surface area contributed by atoms with E-state index in [9.17, 15) is 27.6 Å². The monoisotopic (exact) mass is 499 g/mol. The summed E-state index contributed by atoms with van der Waals surface area (Å²) in [7, 11) is 2.31. The largest absolute Gasteiger partial charge is 0.466 e. The van der Waals surface area contributed by atoms with Gasteiger partial charge in [0.1, 0.15) is 5.71 Å². The topological polar surface area (TPSA) is 88.5 Å². The molecule has 186 valence electrons. The molecule has 0 saturated carbocycles. The highest BCUT2D eigenvalue weighted by molar-refractivity contribution is 6.36. The molecule has 1 spiro atoms. The molecule has 11 heteroatoms. The smallest absolute Gasteiger partial charge is 0.416 e. The predicted molar refractivity (Wildman–Crippen MR) is 121 cm³/mol. The minimum atomic E-state index is -4.56. The Hall–Kier alpha value is -3.99. The molecule has 2 aromatic rings. The number of ether oxygens (including phenoxy) is 2. The van der Waals surface area contributed by atoms with Gasteiger partial charge < -0.3 is 9.47 Å². The molecule has 0 fully saturated rings. The fraction of sp³-hybridized carbons (Fsp3) is 0.280. The maximum absolute atomic E-state index is 14.2. The van der Waals surface area contributed by atoms with Gasteiger partial charge in [0, 0.05) is 5.56 Å². The summed E-state index contributed by atoms with van der Waals surface area (Å²) in [5.74, 6) is -2.41. The van der Waals surface area contributed by atoms with Crippen molar-refractivity contribution in [3.05, 3.63) is 76.4 Å². The van der Waals surface area contributed by atoms with E-state index in [0.717, 1.165) is 36.4 Å². The lowest BCUT2D eigenvalue weighted by molar-refractivity contribution is -0.140. The van der Waals surface area contributed by atoms with Crippen molar-refractivity contribution in [1.29, 1.82) is 0 Å². The minimum absolute atomic E-state index is 0.0357. The van der Waals surface area contributed by atoms with E-state index >= 15 is 0 Å². The van der Waals surface area contributed by atoms with Crippen LogP contribution >= 0.6 is 0 Å². The number of hydrazone groups is 1. The molecule has 0 saturated heterocycles. The Balaban J connectivity index is 1.80. The van der Waals surface area contributed by atoms with Crippen LogP contribution in [0.4, 0.5) is 18.9 Å². The number of hydrogen-bond donors (Lipinski definition) is 0. The normalized spacial score (nSPS) is 22.8. The van der Waals surface area contributed by atoms with E-state index in [1.165, 1.54) is 7.11 Å². The highest BCUT2D eigenvalue weighted by atomic mass is 19.4. The van der Waals surface area contributed by atoms with Crippen LogP contribution in [0.3, 0.4) is 0 Å². The molecule has 5 rings (SSSR count). The van der Waals surface area contributed by atoms with E-state index in [2.05, 4.69) is 5.10 Å². The molecular weight excluding hydrogens is 479 g/mol. The van der Waals surface area contributed by atoms with Crippen molar-refractivity contribution in [2.24, 2.45) is 5.10 Å². The second-order valence-electron chi connectivity index (χ2n) is 8.37. The number of halogens is 3. The number of nitrogens with zero attached hydrogens (tertiary/aromatic N) is 3. The lowest BCUT2D eigenvalue weighted by Crippen LogP contribution is -2.62. The quantitative estimate of drug-likeness (QED) is 0.601. The number of hydrogen-bond acceptors (Lipinski definition) is 7. The maximum atomic E-state index is 14.2. The van der Waals surface area contributed by atoms with Gasteiger partial charge in [-0.15, -0.1) is 0 Å². The summed E-state index contributed by atoms with van der Waals surface area (Å²) in [6, 6.07) is 10.2. The number of fused-ring (bicyclic) bond motifs is 4. The van der Waals surface area contributed by atoms with Gasteiger partial charge in [0.2, 0.25) is 0 Å². The van der Waals surface area contributed by atoms with Crippen LogP contribution in [0.2, 0.25) is 0 Å². The number of anilines is 1. The maximum Gasteiger partial charge on any atom is 0.416 e. The van der Waals surface area contributed by atoms with Crippen LogP contribution in [0.15, 0.2) is 64.8 Å². The first-order valence-electron chi connectivity index (χ1n) is 11.0. The Morgan fingerprint density at radius 1 is 1.03 bits per heavy atom. The first-order chi connectivity index (χ1) is 17.1. The van der Waals surface area contributed by atoms with Gasteiger partial charge in [-0.3, -0.25) is 9.69 Å². The molecule has 0 aliphatic carbocycles. The van der Waals surface area contributed by atoms with Gasteiger partial charge in [-0.05, 0) is 36.4 Å². The van der Waals surface area contributed by atoms with Gasteiger partial charge in [0.15, 0.2) is 5.54 Å². The molecular formula is C25H20F3N3O5. The zero-order chi connectivity index (χ0) is 26.0. The fourth-order valence-electron chi connectivity index (χ4n) is 5.37. The summed E-state index contributed by atoms with van der Waals surface area (Å²) >= 11 is 0. The summed E-state index contributed by atoms with van der Waals surface area (Å²) in [6.07, 6.45) is -4.56. The van der Waals surface area contributed by atoms with E-state index < -0.39 is 41.2 Å². The number of methoxy groups -OCH3 is 2. The van der Waals surface area contributed by atoms with E-state index in [-0.39, 0.29) is 29.1 Å². The van der Waals surface area contributed by atoms with E-state index in [4.69, 9.17) is 9.47 Å².